The van der Waals surface area contributed by atoms with Crippen LogP contribution in [0.15, 0.2) is 78.9 Å². The van der Waals surface area contributed by atoms with Crippen LogP contribution in [-0.4, -0.2) is 91.4 Å². The van der Waals surface area contributed by atoms with Crippen molar-refractivity contribution in [2.45, 2.75) is 30.5 Å². The Morgan fingerprint density at radius 2 is 1.65 bits per heavy atom. The predicted molar refractivity (Wildman–Crippen MR) is 159 cm³/mol. The lowest BCUT2D eigenvalue weighted by Crippen LogP contribution is -2.69. The van der Waals surface area contributed by atoms with Crippen molar-refractivity contribution in [3.05, 3.63) is 95.6 Å². The standard InChI is InChI=1S/C33H38N4O3/c1-35(2)28-19-20-37-30(22-36(21-28)33(39)34-27-15-17-29(40-3)18-16-27)32(31(37)23-38)26-13-11-25(12-14-26)10-9-24-7-5-4-6-8-24/h4-8,11-18,28,30-32,38H,19-23H2,1-3H3,(H,34,39)/t28?,30-,31+,32+/m0/s1. The van der Waals surface area contributed by atoms with E-state index in [0.717, 1.165) is 35.5 Å². The maximum absolute atomic E-state index is 13.5. The quantitative estimate of drug-likeness (QED) is 0.479. The highest BCUT2D eigenvalue weighted by molar-refractivity contribution is 5.89. The number of rotatable bonds is 5. The van der Waals surface area contributed by atoms with Gasteiger partial charge in [0.05, 0.1) is 13.7 Å². The van der Waals surface area contributed by atoms with E-state index in [-0.39, 0.29) is 36.7 Å². The normalized spacial score (nSPS) is 22.7. The molecule has 3 aromatic carbocycles. The Labute approximate surface area is 237 Å². The Bertz CT molecular complexity index is 1330. The molecule has 0 spiro atoms. The molecule has 0 aromatic heterocycles. The summed E-state index contributed by atoms with van der Waals surface area (Å²) in [6, 6.07) is 26.0. The molecule has 0 saturated carbocycles. The van der Waals surface area contributed by atoms with E-state index in [1.807, 2.05) is 59.5 Å². The lowest BCUT2D eigenvalue weighted by atomic mass is 9.74. The number of methoxy groups -OCH3 is 1. The number of benzene rings is 3. The Kier molecular flexibility index (Phi) is 8.71. The molecule has 5 rings (SSSR count). The molecular formula is C33H38N4O3. The van der Waals surface area contributed by atoms with Gasteiger partial charge in [-0.2, -0.15) is 0 Å². The molecule has 2 aliphatic heterocycles. The summed E-state index contributed by atoms with van der Waals surface area (Å²) in [5, 5.41) is 13.5. The Morgan fingerprint density at radius 3 is 2.27 bits per heavy atom. The number of hydrogen-bond acceptors (Lipinski definition) is 5. The molecule has 7 nitrogen and oxygen atoms in total. The average molecular weight is 539 g/mol. The maximum atomic E-state index is 13.5. The summed E-state index contributed by atoms with van der Waals surface area (Å²) >= 11 is 0. The summed E-state index contributed by atoms with van der Waals surface area (Å²) in [4.78, 5) is 20.1. The van der Waals surface area contributed by atoms with E-state index in [2.05, 4.69) is 65.3 Å². The van der Waals surface area contributed by atoms with E-state index in [4.69, 9.17) is 4.74 Å². The number of urea groups is 1. The van der Waals surface area contributed by atoms with Crippen molar-refractivity contribution in [3.8, 4) is 17.6 Å². The number of aliphatic hydroxyl groups excluding tert-OH is 1. The zero-order valence-corrected chi connectivity index (χ0v) is 23.5. The predicted octanol–water partition coefficient (Wildman–Crippen LogP) is 4.09. The molecule has 2 aliphatic rings. The van der Waals surface area contributed by atoms with Crippen LogP contribution in [-0.2, 0) is 0 Å². The number of hydrogen-bond donors (Lipinski definition) is 2. The lowest BCUT2D eigenvalue weighted by molar-refractivity contribution is -0.0654. The van der Waals surface area contributed by atoms with Gasteiger partial charge in [-0.1, -0.05) is 42.2 Å². The molecule has 1 unspecified atom stereocenters. The molecule has 208 valence electrons. The summed E-state index contributed by atoms with van der Waals surface area (Å²) in [5.41, 5.74) is 3.85. The van der Waals surface area contributed by atoms with Gasteiger partial charge in [0.1, 0.15) is 5.75 Å². The summed E-state index contributed by atoms with van der Waals surface area (Å²) in [6.45, 7) is 2.21. The minimum atomic E-state index is -0.114. The van der Waals surface area contributed by atoms with E-state index >= 15 is 0 Å². The van der Waals surface area contributed by atoms with E-state index in [1.165, 1.54) is 5.56 Å². The topological polar surface area (TPSA) is 68.3 Å². The van der Waals surface area contributed by atoms with Gasteiger partial charge in [-0.05, 0) is 74.6 Å². The highest BCUT2D eigenvalue weighted by Gasteiger charge is 2.50. The number of likely N-dealkylation sites (N-methyl/N-ethyl adjacent to an activating group) is 1. The fourth-order valence-electron chi connectivity index (χ4n) is 5.89. The van der Waals surface area contributed by atoms with Gasteiger partial charge in [0.25, 0.3) is 0 Å². The SMILES string of the molecule is COc1ccc(NC(=O)N2CC(N(C)C)CCN3[C@H](CO)[C@H](c4ccc(C#Cc5ccccc5)cc4)[C@@H]3C2)cc1. The smallest absolute Gasteiger partial charge is 0.321 e. The third-order valence-corrected chi connectivity index (χ3v) is 8.21. The molecule has 40 heavy (non-hydrogen) atoms. The van der Waals surface area contributed by atoms with Crippen molar-refractivity contribution in [1.82, 2.24) is 14.7 Å². The molecule has 0 bridgehead atoms. The first-order valence-electron chi connectivity index (χ1n) is 13.9. The average Bonchev–Trinajstić information content (AvgIpc) is 2.96. The van der Waals surface area contributed by atoms with Gasteiger partial charge in [0.2, 0.25) is 0 Å². The second kappa shape index (κ2) is 12.6. The van der Waals surface area contributed by atoms with E-state index in [9.17, 15) is 9.90 Å². The highest BCUT2D eigenvalue weighted by Crippen LogP contribution is 2.42. The first kappa shape index (κ1) is 27.7. The van der Waals surface area contributed by atoms with Crippen molar-refractivity contribution in [2.75, 3.05) is 52.8 Å². The van der Waals surface area contributed by atoms with Crippen molar-refractivity contribution in [1.29, 1.82) is 0 Å². The lowest BCUT2D eigenvalue weighted by Gasteiger charge is -2.57. The van der Waals surface area contributed by atoms with Gasteiger partial charge in [-0.25, -0.2) is 4.79 Å². The minimum absolute atomic E-state index is 0.0265. The largest absolute Gasteiger partial charge is 0.497 e. The zero-order chi connectivity index (χ0) is 28.1. The van der Waals surface area contributed by atoms with Crippen molar-refractivity contribution in [3.63, 3.8) is 0 Å². The Balaban J connectivity index is 1.35. The molecule has 2 heterocycles. The molecule has 2 N–H and O–H groups in total. The molecule has 2 amide bonds. The minimum Gasteiger partial charge on any atom is -0.497 e. The van der Waals surface area contributed by atoms with Crippen LogP contribution in [0.2, 0.25) is 0 Å². The van der Waals surface area contributed by atoms with Gasteiger partial charge >= 0.3 is 6.03 Å². The van der Waals surface area contributed by atoms with Crippen molar-refractivity contribution in [2.24, 2.45) is 0 Å². The van der Waals surface area contributed by atoms with Crippen LogP contribution in [0.4, 0.5) is 10.5 Å². The second-order valence-electron chi connectivity index (χ2n) is 10.8. The fraction of sp³-hybridized carbons (Fsp3) is 0.364. The molecule has 2 fully saturated rings. The molecule has 3 aromatic rings. The van der Waals surface area contributed by atoms with Crippen molar-refractivity contribution < 1.29 is 14.6 Å². The zero-order valence-electron chi connectivity index (χ0n) is 23.5. The van der Waals surface area contributed by atoms with Crippen LogP contribution in [0.5, 0.6) is 5.75 Å². The molecule has 4 atom stereocenters. The molecule has 0 aliphatic carbocycles. The number of fused-ring (bicyclic) bond motifs is 1. The number of aliphatic hydroxyl groups is 1. The number of amides is 2. The molecule has 0 radical (unpaired) electrons. The number of carbonyl (C=O) groups excluding carboxylic acids is 1. The van der Waals surface area contributed by atoms with E-state index < -0.39 is 0 Å². The monoisotopic (exact) mass is 538 g/mol. The van der Waals surface area contributed by atoms with Crippen LogP contribution < -0.4 is 10.1 Å². The van der Waals surface area contributed by atoms with Crippen LogP contribution in [0.25, 0.3) is 0 Å². The Hall–Kier alpha value is -3.83. The summed E-state index contributed by atoms with van der Waals surface area (Å²) in [6.07, 6.45) is 0.924. The van der Waals surface area contributed by atoms with Crippen LogP contribution in [0.1, 0.15) is 29.0 Å². The number of nitrogens with zero attached hydrogens (tertiary/aromatic N) is 3. The van der Waals surface area contributed by atoms with Gasteiger partial charge in [-0.3, -0.25) is 4.90 Å². The summed E-state index contributed by atoms with van der Waals surface area (Å²) in [5.74, 6) is 7.34. The number of anilines is 1. The molecule has 2 saturated heterocycles. The highest BCUT2D eigenvalue weighted by atomic mass is 16.5. The van der Waals surface area contributed by atoms with Crippen LogP contribution in [0.3, 0.4) is 0 Å². The molecule has 7 heteroatoms. The van der Waals surface area contributed by atoms with Gasteiger partial charge in [-0.15, -0.1) is 0 Å². The third-order valence-electron chi connectivity index (χ3n) is 8.21. The van der Waals surface area contributed by atoms with Crippen LogP contribution >= 0.6 is 0 Å². The maximum Gasteiger partial charge on any atom is 0.321 e. The number of carbonyl (C=O) groups is 1. The first-order chi connectivity index (χ1) is 19.5. The van der Waals surface area contributed by atoms with Gasteiger partial charge < -0.3 is 25.0 Å². The first-order valence-corrected chi connectivity index (χ1v) is 13.9. The summed E-state index contributed by atoms with van der Waals surface area (Å²) < 4.78 is 5.25. The number of ether oxygens (including phenoxy) is 1. The van der Waals surface area contributed by atoms with Gasteiger partial charge in [0.15, 0.2) is 0 Å². The molecular weight excluding hydrogens is 500 g/mol. The van der Waals surface area contributed by atoms with Gasteiger partial charge in [0, 0.05) is 60.5 Å². The summed E-state index contributed by atoms with van der Waals surface area (Å²) in [7, 11) is 5.75. The number of nitrogens with one attached hydrogen (secondary N) is 1. The van der Waals surface area contributed by atoms with E-state index in [1.54, 1.807) is 7.11 Å². The third kappa shape index (κ3) is 6.15. The van der Waals surface area contributed by atoms with Crippen LogP contribution in [0, 0.1) is 11.8 Å². The van der Waals surface area contributed by atoms with Crippen molar-refractivity contribution >= 4 is 11.7 Å². The Morgan fingerprint density at radius 1 is 0.975 bits per heavy atom. The van der Waals surface area contributed by atoms with E-state index in [0.29, 0.717) is 13.1 Å². The fourth-order valence-corrected chi connectivity index (χ4v) is 5.89. The second-order valence-corrected chi connectivity index (χ2v) is 10.8.